The third-order valence-corrected chi connectivity index (χ3v) is 5.36. The number of hydrogen-bond donors (Lipinski definition) is 1. The standard InChI is InChI=1S/C25H21ClN2O3/c1-31-21-9-5-8-20(16-21)27-23-22(18-6-3-2-4-7-18)24(29)28(25(23)30)15-14-17-10-12-19(26)13-11-17/h2-13,16,27H,14-15H2,1H3. The summed E-state index contributed by atoms with van der Waals surface area (Å²) in [5.41, 5.74) is 2.99. The Morgan fingerprint density at radius 2 is 1.65 bits per heavy atom. The topological polar surface area (TPSA) is 58.6 Å². The van der Waals surface area contributed by atoms with Crippen LogP contribution in [0.1, 0.15) is 11.1 Å². The molecule has 6 heteroatoms. The fourth-order valence-electron chi connectivity index (χ4n) is 3.50. The Hall–Kier alpha value is -3.57. The van der Waals surface area contributed by atoms with Crippen LogP contribution in [0.25, 0.3) is 5.57 Å². The highest BCUT2D eigenvalue weighted by Crippen LogP contribution is 2.31. The maximum Gasteiger partial charge on any atom is 0.278 e. The Morgan fingerprint density at radius 3 is 2.35 bits per heavy atom. The normalized spacial score (nSPS) is 13.7. The van der Waals surface area contributed by atoms with Crippen LogP contribution in [0.2, 0.25) is 5.02 Å². The molecule has 31 heavy (non-hydrogen) atoms. The van der Waals surface area contributed by atoms with Crippen LogP contribution < -0.4 is 10.1 Å². The number of nitrogens with one attached hydrogen (secondary N) is 1. The van der Waals surface area contributed by atoms with Crippen LogP contribution in [0.5, 0.6) is 5.75 Å². The van der Waals surface area contributed by atoms with E-state index in [-0.39, 0.29) is 24.1 Å². The summed E-state index contributed by atoms with van der Waals surface area (Å²) in [6.07, 6.45) is 0.545. The minimum atomic E-state index is -0.347. The average Bonchev–Trinajstić information content (AvgIpc) is 3.03. The highest BCUT2D eigenvalue weighted by molar-refractivity contribution is 6.36. The van der Waals surface area contributed by atoms with E-state index in [2.05, 4.69) is 5.32 Å². The van der Waals surface area contributed by atoms with E-state index in [1.807, 2.05) is 60.7 Å². The van der Waals surface area contributed by atoms with Crippen molar-refractivity contribution in [3.05, 3.63) is 101 Å². The molecule has 3 aromatic carbocycles. The van der Waals surface area contributed by atoms with Crippen molar-refractivity contribution in [2.24, 2.45) is 0 Å². The zero-order chi connectivity index (χ0) is 21.8. The second kappa shape index (κ2) is 9.06. The molecule has 0 saturated heterocycles. The molecule has 1 aliphatic rings. The van der Waals surface area contributed by atoms with Crippen LogP contribution in [0.3, 0.4) is 0 Å². The van der Waals surface area contributed by atoms with E-state index in [1.54, 1.807) is 25.3 Å². The zero-order valence-electron chi connectivity index (χ0n) is 17.0. The van der Waals surface area contributed by atoms with Crippen molar-refractivity contribution in [2.45, 2.75) is 6.42 Å². The number of halogens is 1. The highest BCUT2D eigenvalue weighted by Gasteiger charge is 2.38. The van der Waals surface area contributed by atoms with Crippen LogP contribution >= 0.6 is 11.6 Å². The van der Waals surface area contributed by atoms with Crippen molar-refractivity contribution in [1.29, 1.82) is 0 Å². The molecule has 1 N–H and O–H groups in total. The number of benzene rings is 3. The Bertz CT molecular complexity index is 1140. The van der Waals surface area contributed by atoms with Gasteiger partial charge in [-0.1, -0.05) is 60.1 Å². The van der Waals surface area contributed by atoms with Crippen LogP contribution in [-0.4, -0.2) is 30.4 Å². The minimum absolute atomic E-state index is 0.264. The first kappa shape index (κ1) is 20.7. The van der Waals surface area contributed by atoms with Gasteiger partial charge in [0.1, 0.15) is 11.4 Å². The largest absolute Gasteiger partial charge is 0.497 e. The maximum atomic E-state index is 13.3. The Kier molecular flexibility index (Phi) is 6.05. The third-order valence-electron chi connectivity index (χ3n) is 5.11. The summed E-state index contributed by atoms with van der Waals surface area (Å²) >= 11 is 5.95. The molecule has 0 unspecified atom stereocenters. The number of carbonyl (C=O) groups is 2. The molecule has 1 heterocycles. The number of carbonyl (C=O) groups excluding carboxylic acids is 2. The summed E-state index contributed by atoms with van der Waals surface area (Å²) in [5, 5.41) is 3.80. The lowest BCUT2D eigenvalue weighted by molar-refractivity contribution is -0.136. The summed E-state index contributed by atoms with van der Waals surface area (Å²) in [4.78, 5) is 27.8. The van der Waals surface area contributed by atoms with Crippen molar-refractivity contribution in [1.82, 2.24) is 4.90 Å². The van der Waals surface area contributed by atoms with Gasteiger partial charge in [0.2, 0.25) is 0 Å². The van der Waals surface area contributed by atoms with Crippen LogP contribution in [0.4, 0.5) is 5.69 Å². The van der Waals surface area contributed by atoms with E-state index >= 15 is 0 Å². The van der Waals surface area contributed by atoms with Gasteiger partial charge in [0, 0.05) is 23.3 Å². The fraction of sp³-hybridized carbons (Fsp3) is 0.120. The van der Waals surface area contributed by atoms with E-state index in [0.29, 0.717) is 34.0 Å². The third kappa shape index (κ3) is 4.47. The van der Waals surface area contributed by atoms with Gasteiger partial charge in [0.15, 0.2) is 0 Å². The van der Waals surface area contributed by atoms with Crippen molar-refractivity contribution in [3.8, 4) is 5.75 Å². The smallest absolute Gasteiger partial charge is 0.278 e. The molecule has 0 aromatic heterocycles. The lowest BCUT2D eigenvalue weighted by Gasteiger charge is -2.15. The van der Waals surface area contributed by atoms with E-state index < -0.39 is 0 Å². The van der Waals surface area contributed by atoms with Gasteiger partial charge in [-0.25, -0.2) is 0 Å². The Labute approximate surface area is 185 Å². The minimum Gasteiger partial charge on any atom is -0.497 e. The van der Waals surface area contributed by atoms with Gasteiger partial charge in [-0.15, -0.1) is 0 Å². The molecule has 5 nitrogen and oxygen atoms in total. The number of imide groups is 1. The zero-order valence-corrected chi connectivity index (χ0v) is 17.7. The SMILES string of the molecule is COc1cccc(NC2=C(c3ccccc3)C(=O)N(CCc3ccc(Cl)cc3)C2=O)c1. The van der Waals surface area contributed by atoms with E-state index in [0.717, 1.165) is 5.56 Å². The summed E-state index contributed by atoms with van der Waals surface area (Å²) in [6.45, 7) is 0.277. The van der Waals surface area contributed by atoms with Gasteiger partial charge >= 0.3 is 0 Å². The van der Waals surface area contributed by atoms with Crippen molar-refractivity contribution < 1.29 is 14.3 Å². The quantitative estimate of drug-likeness (QED) is 0.546. The predicted octanol–water partition coefficient (Wildman–Crippen LogP) is 4.78. The second-order valence-corrected chi connectivity index (χ2v) is 7.55. The first-order valence-corrected chi connectivity index (χ1v) is 10.3. The van der Waals surface area contributed by atoms with Gasteiger partial charge in [0.25, 0.3) is 11.8 Å². The van der Waals surface area contributed by atoms with Crippen molar-refractivity contribution >= 4 is 34.7 Å². The summed E-state index contributed by atoms with van der Waals surface area (Å²) in [7, 11) is 1.58. The molecule has 0 aliphatic carbocycles. The average molecular weight is 433 g/mol. The van der Waals surface area contributed by atoms with Crippen LogP contribution in [-0.2, 0) is 16.0 Å². The lowest BCUT2D eigenvalue weighted by atomic mass is 10.0. The van der Waals surface area contributed by atoms with E-state index in [4.69, 9.17) is 16.3 Å². The van der Waals surface area contributed by atoms with Gasteiger partial charge in [-0.05, 0) is 41.8 Å². The van der Waals surface area contributed by atoms with E-state index in [1.165, 1.54) is 4.90 Å². The first-order valence-electron chi connectivity index (χ1n) is 9.88. The molecular formula is C25H21ClN2O3. The molecule has 156 valence electrons. The van der Waals surface area contributed by atoms with Gasteiger partial charge in [-0.3, -0.25) is 14.5 Å². The summed E-state index contributed by atoms with van der Waals surface area (Å²) in [5.74, 6) is -0.000533. The van der Waals surface area contributed by atoms with Gasteiger partial charge in [0.05, 0.1) is 12.7 Å². The molecule has 1 aliphatic heterocycles. The molecule has 3 aromatic rings. The molecule has 2 amide bonds. The molecule has 0 radical (unpaired) electrons. The maximum absolute atomic E-state index is 13.3. The monoisotopic (exact) mass is 432 g/mol. The number of anilines is 1. The molecule has 0 atom stereocenters. The first-order chi connectivity index (χ1) is 15.1. The molecule has 0 bridgehead atoms. The molecule has 4 rings (SSSR count). The molecular weight excluding hydrogens is 412 g/mol. The number of methoxy groups -OCH3 is 1. The number of nitrogens with zero attached hydrogens (tertiary/aromatic N) is 1. The van der Waals surface area contributed by atoms with Gasteiger partial charge in [-0.2, -0.15) is 0 Å². The summed E-state index contributed by atoms with van der Waals surface area (Å²) < 4.78 is 5.27. The van der Waals surface area contributed by atoms with Gasteiger partial charge < -0.3 is 10.1 Å². The Balaban J connectivity index is 1.64. The number of amides is 2. The summed E-state index contributed by atoms with van der Waals surface area (Å²) in [6, 6.07) is 23.9. The number of ether oxygens (including phenoxy) is 1. The van der Waals surface area contributed by atoms with Crippen molar-refractivity contribution in [3.63, 3.8) is 0 Å². The lowest BCUT2D eigenvalue weighted by Crippen LogP contribution is -2.34. The van der Waals surface area contributed by atoms with E-state index in [9.17, 15) is 9.59 Å². The van der Waals surface area contributed by atoms with Crippen LogP contribution in [0.15, 0.2) is 84.6 Å². The molecule has 0 saturated carbocycles. The van der Waals surface area contributed by atoms with Crippen molar-refractivity contribution in [2.75, 3.05) is 19.0 Å². The second-order valence-electron chi connectivity index (χ2n) is 7.11. The molecule has 0 fully saturated rings. The molecule has 0 spiro atoms. The highest BCUT2D eigenvalue weighted by atomic mass is 35.5. The number of rotatable bonds is 7. The number of hydrogen-bond acceptors (Lipinski definition) is 4. The van der Waals surface area contributed by atoms with Crippen LogP contribution in [0, 0.1) is 0 Å². The fourth-order valence-corrected chi connectivity index (χ4v) is 3.63. The predicted molar refractivity (Wildman–Crippen MR) is 122 cm³/mol. The Morgan fingerprint density at radius 1 is 0.903 bits per heavy atom.